The maximum atomic E-state index is 11.1. The maximum Gasteiger partial charge on any atom is 0.124 e. The van der Waals surface area contributed by atoms with E-state index in [4.69, 9.17) is 0 Å². The summed E-state index contributed by atoms with van der Waals surface area (Å²) < 4.78 is 0. The van der Waals surface area contributed by atoms with Gasteiger partial charge in [-0.3, -0.25) is 0 Å². The van der Waals surface area contributed by atoms with Gasteiger partial charge in [-0.15, -0.1) is 0 Å². The molecule has 0 aliphatic carbocycles. The number of phenolic OH excluding ortho intramolecular Hbond substituents is 2. The Balaban J connectivity index is 3.12. The summed E-state index contributed by atoms with van der Waals surface area (Å²) in [4.78, 5) is 0. The van der Waals surface area contributed by atoms with Gasteiger partial charge in [0, 0.05) is 11.1 Å². The lowest BCUT2D eigenvalue weighted by Gasteiger charge is -2.38. The molecule has 0 heterocycles. The molecule has 0 spiro atoms. The zero-order valence-electron chi connectivity index (χ0n) is 17.8. The molecule has 2 aromatic rings. The van der Waals surface area contributed by atoms with Crippen LogP contribution in [-0.2, 0) is 16.2 Å². The number of aromatic hydroxyl groups is 2. The fourth-order valence-corrected chi connectivity index (χ4v) is 3.75. The molecule has 0 amide bonds. The molecule has 2 aromatic carbocycles. The molecule has 0 aliphatic rings. The van der Waals surface area contributed by atoms with E-state index < -0.39 is 0 Å². The average molecular weight is 355 g/mol. The number of rotatable bonds is 1. The molecule has 2 nitrogen and oxygen atoms in total. The van der Waals surface area contributed by atoms with E-state index >= 15 is 0 Å². The standard InChI is InChI=1S/C24H34O2/c1-22(2,3)16-14-18(26)19(15-12-10-11-13-17(15)25)21(24(7,8)9)20(16)23(4,5)6/h10-14,25-26H,1-9H3. The second kappa shape index (κ2) is 6.33. The van der Waals surface area contributed by atoms with Crippen molar-refractivity contribution in [2.45, 2.75) is 78.6 Å². The van der Waals surface area contributed by atoms with Gasteiger partial charge in [0.2, 0.25) is 0 Å². The molecule has 0 bridgehead atoms. The molecular formula is C24H34O2. The van der Waals surface area contributed by atoms with E-state index in [1.807, 2.05) is 18.2 Å². The van der Waals surface area contributed by atoms with Crippen molar-refractivity contribution in [3.63, 3.8) is 0 Å². The maximum absolute atomic E-state index is 11.1. The van der Waals surface area contributed by atoms with Gasteiger partial charge in [-0.25, -0.2) is 0 Å². The van der Waals surface area contributed by atoms with Crippen molar-refractivity contribution in [3.05, 3.63) is 47.0 Å². The van der Waals surface area contributed by atoms with E-state index in [2.05, 4.69) is 62.3 Å². The summed E-state index contributed by atoms with van der Waals surface area (Å²) in [5.74, 6) is 0.422. The molecule has 2 heteroatoms. The van der Waals surface area contributed by atoms with Crippen LogP contribution < -0.4 is 0 Å². The minimum Gasteiger partial charge on any atom is -0.507 e. The van der Waals surface area contributed by atoms with Crippen molar-refractivity contribution in [2.75, 3.05) is 0 Å². The van der Waals surface area contributed by atoms with Crippen LogP contribution in [0.2, 0.25) is 0 Å². The largest absolute Gasteiger partial charge is 0.507 e. The summed E-state index contributed by atoms with van der Waals surface area (Å²) in [6, 6.07) is 9.16. The Bertz CT molecular complexity index is 810. The van der Waals surface area contributed by atoms with Gasteiger partial charge in [-0.2, -0.15) is 0 Å². The van der Waals surface area contributed by atoms with Crippen molar-refractivity contribution in [2.24, 2.45) is 0 Å². The Hall–Kier alpha value is -1.96. The lowest BCUT2D eigenvalue weighted by molar-refractivity contribution is 0.453. The average Bonchev–Trinajstić information content (AvgIpc) is 2.44. The molecule has 26 heavy (non-hydrogen) atoms. The Morgan fingerprint density at radius 3 is 1.54 bits per heavy atom. The molecular weight excluding hydrogens is 320 g/mol. The molecule has 142 valence electrons. The van der Waals surface area contributed by atoms with Crippen LogP contribution in [0.15, 0.2) is 30.3 Å². The number of para-hydroxylation sites is 1. The van der Waals surface area contributed by atoms with Gasteiger partial charge in [0.15, 0.2) is 0 Å². The van der Waals surface area contributed by atoms with Crippen molar-refractivity contribution in [1.82, 2.24) is 0 Å². The number of benzene rings is 2. The van der Waals surface area contributed by atoms with Crippen LogP contribution >= 0.6 is 0 Å². The highest BCUT2D eigenvalue weighted by molar-refractivity contribution is 5.81. The molecule has 0 atom stereocenters. The lowest BCUT2D eigenvalue weighted by atomic mass is 9.66. The minimum atomic E-state index is -0.195. The first-order valence-electron chi connectivity index (χ1n) is 9.35. The SMILES string of the molecule is CC(C)(C)c1cc(O)c(-c2ccccc2O)c(C(C)(C)C)c1C(C)(C)C. The molecule has 2 rings (SSSR count). The number of phenols is 2. The van der Waals surface area contributed by atoms with Gasteiger partial charge >= 0.3 is 0 Å². The van der Waals surface area contributed by atoms with E-state index in [1.54, 1.807) is 12.1 Å². The monoisotopic (exact) mass is 354 g/mol. The quantitative estimate of drug-likeness (QED) is 0.601. The summed E-state index contributed by atoms with van der Waals surface area (Å²) in [7, 11) is 0. The highest BCUT2D eigenvalue weighted by Crippen LogP contribution is 2.50. The van der Waals surface area contributed by atoms with E-state index in [9.17, 15) is 10.2 Å². The molecule has 0 unspecified atom stereocenters. The van der Waals surface area contributed by atoms with Gasteiger partial charge in [0.1, 0.15) is 11.5 Å². The van der Waals surface area contributed by atoms with E-state index in [0.717, 1.165) is 16.7 Å². The summed E-state index contributed by atoms with van der Waals surface area (Å²) in [5, 5.41) is 21.5. The third-order valence-corrected chi connectivity index (χ3v) is 4.79. The zero-order chi connectivity index (χ0) is 20.1. The Kier molecular flexibility index (Phi) is 4.96. The Morgan fingerprint density at radius 1 is 0.615 bits per heavy atom. The van der Waals surface area contributed by atoms with Crippen LogP contribution in [0, 0.1) is 0 Å². The molecule has 0 saturated carbocycles. The van der Waals surface area contributed by atoms with Crippen molar-refractivity contribution in [1.29, 1.82) is 0 Å². The molecule has 0 saturated heterocycles. The van der Waals surface area contributed by atoms with Crippen LogP contribution in [0.3, 0.4) is 0 Å². The highest BCUT2D eigenvalue weighted by atomic mass is 16.3. The second-order valence-electron chi connectivity index (χ2n) is 10.3. The minimum absolute atomic E-state index is 0.0991. The first-order chi connectivity index (χ1) is 11.7. The van der Waals surface area contributed by atoms with Gasteiger partial charge in [-0.05, 0) is 45.1 Å². The van der Waals surface area contributed by atoms with Gasteiger partial charge in [-0.1, -0.05) is 80.5 Å². The summed E-state index contributed by atoms with van der Waals surface area (Å²) in [6.07, 6.45) is 0. The first-order valence-corrected chi connectivity index (χ1v) is 9.35. The Labute approximate surface area is 158 Å². The van der Waals surface area contributed by atoms with Crippen LogP contribution in [0.25, 0.3) is 11.1 Å². The third kappa shape index (κ3) is 3.75. The third-order valence-electron chi connectivity index (χ3n) is 4.79. The smallest absolute Gasteiger partial charge is 0.124 e. The normalized spacial score (nSPS) is 13.1. The topological polar surface area (TPSA) is 40.5 Å². The summed E-state index contributed by atoms with van der Waals surface area (Å²) in [5.41, 5.74) is 4.56. The highest BCUT2D eigenvalue weighted by Gasteiger charge is 2.35. The summed E-state index contributed by atoms with van der Waals surface area (Å²) in [6.45, 7) is 19.7. The van der Waals surface area contributed by atoms with Crippen LogP contribution in [-0.4, -0.2) is 10.2 Å². The fourth-order valence-electron chi connectivity index (χ4n) is 3.75. The predicted octanol–water partition coefficient (Wildman–Crippen LogP) is 6.66. The molecule has 0 aliphatic heterocycles. The fraction of sp³-hybridized carbons (Fsp3) is 0.500. The molecule has 0 fully saturated rings. The van der Waals surface area contributed by atoms with Crippen molar-refractivity contribution >= 4 is 0 Å². The van der Waals surface area contributed by atoms with Crippen LogP contribution in [0.5, 0.6) is 11.5 Å². The predicted molar refractivity (Wildman–Crippen MR) is 111 cm³/mol. The Morgan fingerprint density at radius 2 is 1.12 bits per heavy atom. The molecule has 0 radical (unpaired) electrons. The molecule has 2 N–H and O–H groups in total. The van der Waals surface area contributed by atoms with E-state index in [0.29, 0.717) is 5.56 Å². The zero-order valence-corrected chi connectivity index (χ0v) is 17.8. The van der Waals surface area contributed by atoms with Crippen molar-refractivity contribution < 1.29 is 10.2 Å². The first kappa shape index (κ1) is 20.4. The number of hydrogen-bond donors (Lipinski definition) is 2. The van der Waals surface area contributed by atoms with E-state index in [-0.39, 0.29) is 27.7 Å². The van der Waals surface area contributed by atoms with Gasteiger partial charge in [0.25, 0.3) is 0 Å². The van der Waals surface area contributed by atoms with Gasteiger partial charge < -0.3 is 10.2 Å². The van der Waals surface area contributed by atoms with Crippen LogP contribution in [0.1, 0.15) is 79.0 Å². The number of hydrogen-bond acceptors (Lipinski definition) is 2. The van der Waals surface area contributed by atoms with Crippen LogP contribution in [0.4, 0.5) is 0 Å². The molecule has 0 aromatic heterocycles. The van der Waals surface area contributed by atoms with Crippen molar-refractivity contribution in [3.8, 4) is 22.6 Å². The lowest BCUT2D eigenvalue weighted by Crippen LogP contribution is -2.28. The second-order valence-corrected chi connectivity index (χ2v) is 10.3. The van der Waals surface area contributed by atoms with Gasteiger partial charge in [0.05, 0.1) is 0 Å². The van der Waals surface area contributed by atoms with E-state index in [1.165, 1.54) is 5.56 Å². The summed E-state index contributed by atoms with van der Waals surface area (Å²) >= 11 is 0.